The van der Waals surface area contributed by atoms with Crippen LogP contribution in [-0.4, -0.2) is 9.55 Å². The summed E-state index contributed by atoms with van der Waals surface area (Å²) in [6.45, 7) is 2.00. The van der Waals surface area contributed by atoms with Crippen molar-refractivity contribution < 1.29 is 0 Å². The molecule has 0 aromatic carbocycles. The van der Waals surface area contributed by atoms with Gasteiger partial charge >= 0.3 is 0 Å². The zero-order chi connectivity index (χ0) is 5.28. The molecular weight excluding hydrogens is 107 g/mol. The second kappa shape index (κ2) is 1.63. The van der Waals surface area contributed by atoms with Crippen LogP contribution >= 0.6 is 9.39 Å². The molecule has 3 heteroatoms. The lowest BCUT2D eigenvalue weighted by Gasteiger charge is -1.86. The zero-order valence-corrected chi connectivity index (χ0v) is 5.28. The number of hydrogen-bond donors (Lipinski definition) is 0. The van der Waals surface area contributed by atoms with Gasteiger partial charge in [0.25, 0.3) is 0 Å². The number of aromatic nitrogens is 2. The molecule has 0 saturated heterocycles. The highest BCUT2D eigenvalue weighted by atomic mass is 31.0. The molecule has 0 radical (unpaired) electrons. The Kier molecular flexibility index (Phi) is 1.11. The zero-order valence-electron chi connectivity index (χ0n) is 4.13. The van der Waals surface area contributed by atoms with Crippen molar-refractivity contribution in [3.63, 3.8) is 0 Å². The lowest BCUT2D eigenvalue weighted by Crippen LogP contribution is -1.80. The van der Waals surface area contributed by atoms with Crippen LogP contribution in [0.2, 0.25) is 0 Å². The first-order chi connectivity index (χ1) is 3.30. The first-order valence-corrected chi connectivity index (χ1v) is 2.58. The van der Waals surface area contributed by atoms with E-state index in [1.54, 1.807) is 10.6 Å². The molecule has 0 bridgehead atoms. The van der Waals surface area contributed by atoms with Crippen molar-refractivity contribution in [3.05, 3.63) is 18.0 Å². The van der Waals surface area contributed by atoms with E-state index in [-0.39, 0.29) is 0 Å². The highest BCUT2D eigenvalue weighted by Gasteiger charge is 1.83. The molecule has 1 unspecified atom stereocenters. The second-order valence-corrected chi connectivity index (χ2v) is 1.91. The van der Waals surface area contributed by atoms with E-state index in [9.17, 15) is 0 Å². The molecule has 0 saturated carbocycles. The van der Waals surface area contributed by atoms with Crippen molar-refractivity contribution in [2.45, 2.75) is 6.92 Å². The molecule has 0 aliphatic carbocycles. The Bertz CT molecular complexity index is 142. The van der Waals surface area contributed by atoms with Gasteiger partial charge in [0.1, 0.15) is 0 Å². The summed E-state index contributed by atoms with van der Waals surface area (Å²) in [5.41, 5.74) is 1.16. The Labute approximate surface area is 44.8 Å². The molecule has 1 heterocycles. The second-order valence-electron chi connectivity index (χ2n) is 1.42. The quantitative estimate of drug-likeness (QED) is 0.457. The van der Waals surface area contributed by atoms with E-state index in [0.717, 1.165) is 5.69 Å². The van der Waals surface area contributed by atoms with Gasteiger partial charge in [0.15, 0.2) is 0 Å². The van der Waals surface area contributed by atoms with Crippen LogP contribution in [0.25, 0.3) is 0 Å². The van der Waals surface area contributed by atoms with E-state index in [0.29, 0.717) is 0 Å². The van der Waals surface area contributed by atoms with Crippen molar-refractivity contribution in [3.8, 4) is 0 Å². The standard InChI is InChI=1S/C4H7N2P/c1-4-2-3-5-6(4)7/h2-3H,7H2,1H3. The maximum atomic E-state index is 3.90. The van der Waals surface area contributed by atoms with Gasteiger partial charge in [0, 0.05) is 11.9 Å². The number of hydrogen-bond acceptors (Lipinski definition) is 1. The Morgan fingerprint density at radius 2 is 2.57 bits per heavy atom. The SMILES string of the molecule is Cc1ccnn1P. The Hall–Kier alpha value is -0.360. The summed E-state index contributed by atoms with van der Waals surface area (Å²) in [5, 5.41) is 3.90. The van der Waals surface area contributed by atoms with Crippen LogP contribution in [-0.2, 0) is 0 Å². The average molecular weight is 114 g/mol. The first-order valence-electron chi connectivity index (χ1n) is 2.06. The minimum atomic E-state index is 1.16. The summed E-state index contributed by atoms with van der Waals surface area (Å²) in [6.07, 6.45) is 1.77. The molecule has 1 aromatic rings. The molecule has 38 valence electrons. The topological polar surface area (TPSA) is 17.8 Å². The molecular formula is C4H7N2P. The number of aryl methyl sites for hydroxylation is 1. The Balaban J connectivity index is 3.12. The van der Waals surface area contributed by atoms with Crippen molar-refractivity contribution >= 4 is 9.39 Å². The Morgan fingerprint density at radius 1 is 1.86 bits per heavy atom. The molecule has 1 aromatic heterocycles. The van der Waals surface area contributed by atoms with E-state index in [1.807, 2.05) is 13.0 Å². The summed E-state index contributed by atoms with van der Waals surface area (Å²) >= 11 is 0. The molecule has 1 atom stereocenters. The molecule has 7 heavy (non-hydrogen) atoms. The fourth-order valence-electron chi connectivity index (χ4n) is 0.380. The largest absolute Gasteiger partial charge is 0.256 e. The highest BCUT2D eigenvalue weighted by Crippen LogP contribution is 1.97. The van der Waals surface area contributed by atoms with Gasteiger partial charge in [0.2, 0.25) is 0 Å². The van der Waals surface area contributed by atoms with Crippen LogP contribution in [0.5, 0.6) is 0 Å². The number of nitrogens with zero attached hydrogens (tertiary/aromatic N) is 2. The van der Waals surface area contributed by atoms with Gasteiger partial charge in [0.05, 0.1) is 0 Å². The molecule has 0 fully saturated rings. The third-order valence-corrected chi connectivity index (χ3v) is 1.41. The van der Waals surface area contributed by atoms with Gasteiger partial charge in [-0.25, -0.2) is 0 Å². The predicted molar refractivity (Wildman–Crippen MR) is 32.1 cm³/mol. The van der Waals surface area contributed by atoms with Crippen LogP contribution in [0.1, 0.15) is 5.69 Å². The maximum Gasteiger partial charge on any atom is 0.0495 e. The predicted octanol–water partition coefficient (Wildman–Crippen LogP) is 0.830. The van der Waals surface area contributed by atoms with Gasteiger partial charge in [-0.1, -0.05) is 0 Å². The third kappa shape index (κ3) is 0.804. The molecule has 0 aliphatic rings. The van der Waals surface area contributed by atoms with E-state index >= 15 is 0 Å². The normalized spacial score (nSPS) is 9.43. The smallest absolute Gasteiger partial charge is 0.0495 e. The van der Waals surface area contributed by atoms with Crippen LogP contribution in [0.4, 0.5) is 0 Å². The van der Waals surface area contributed by atoms with Crippen molar-refractivity contribution in [2.24, 2.45) is 0 Å². The average Bonchev–Trinajstić information content (AvgIpc) is 1.91. The van der Waals surface area contributed by atoms with Crippen LogP contribution < -0.4 is 0 Å². The summed E-state index contributed by atoms with van der Waals surface area (Å²) in [6, 6.07) is 1.95. The van der Waals surface area contributed by atoms with Gasteiger partial charge in [-0.15, -0.1) is 0 Å². The minimum absolute atomic E-state index is 1.16. The molecule has 0 spiro atoms. The van der Waals surface area contributed by atoms with E-state index < -0.39 is 0 Å². The highest BCUT2D eigenvalue weighted by molar-refractivity contribution is 7.14. The summed E-state index contributed by atoms with van der Waals surface area (Å²) in [5.74, 6) is 0. The van der Waals surface area contributed by atoms with E-state index in [2.05, 4.69) is 14.5 Å². The summed E-state index contributed by atoms with van der Waals surface area (Å²) in [4.78, 5) is 0. The van der Waals surface area contributed by atoms with Gasteiger partial charge in [-0.3, -0.25) is 4.45 Å². The van der Waals surface area contributed by atoms with Crippen LogP contribution in [0, 0.1) is 6.92 Å². The van der Waals surface area contributed by atoms with Crippen LogP contribution in [0.15, 0.2) is 12.3 Å². The minimum Gasteiger partial charge on any atom is -0.256 e. The van der Waals surface area contributed by atoms with Crippen molar-refractivity contribution in [1.82, 2.24) is 9.55 Å². The molecule has 0 N–H and O–H groups in total. The summed E-state index contributed by atoms with van der Waals surface area (Å²) < 4.78 is 1.75. The van der Waals surface area contributed by atoms with E-state index in [4.69, 9.17) is 0 Å². The Morgan fingerprint density at radius 3 is 2.71 bits per heavy atom. The van der Waals surface area contributed by atoms with Gasteiger partial charge in [-0.05, 0) is 22.4 Å². The maximum absolute atomic E-state index is 3.90. The lowest BCUT2D eigenvalue weighted by molar-refractivity contribution is 0.970. The molecule has 0 amide bonds. The monoisotopic (exact) mass is 114 g/mol. The third-order valence-electron chi connectivity index (χ3n) is 0.868. The number of rotatable bonds is 0. The van der Waals surface area contributed by atoms with Gasteiger partial charge < -0.3 is 0 Å². The lowest BCUT2D eigenvalue weighted by atomic mass is 10.5. The fourth-order valence-corrected chi connectivity index (χ4v) is 0.544. The summed E-state index contributed by atoms with van der Waals surface area (Å²) in [7, 11) is 2.48. The molecule has 1 rings (SSSR count). The fraction of sp³-hybridized carbons (Fsp3) is 0.250. The van der Waals surface area contributed by atoms with Crippen LogP contribution in [0.3, 0.4) is 0 Å². The molecule has 0 aliphatic heterocycles. The van der Waals surface area contributed by atoms with Gasteiger partial charge in [-0.2, -0.15) is 5.10 Å². The molecule has 2 nitrogen and oxygen atoms in total. The van der Waals surface area contributed by atoms with Crippen molar-refractivity contribution in [2.75, 3.05) is 0 Å². The van der Waals surface area contributed by atoms with Crippen molar-refractivity contribution in [1.29, 1.82) is 0 Å². The van der Waals surface area contributed by atoms with E-state index in [1.165, 1.54) is 0 Å². The first kappa shape index (κ1) is 4.79.